The van der Waals surface area contributed by atoms with Gasteiger partial charge < -0.3 is 10.2 Å². The second kappa shape index (κ2) is 9.03. The number of hydrogen-bond acceptors (Lipinski definition) is 4. The fraction of sp³-hybridized carbons (Fsp3) is 0.500. The number of hydrogen-bond donors (Lipinski definition) is 1. The maximum absolute atomic E-state index is 14.0. The first-order chi connectivity index (χ1) is 14.1. The van der Waals surface area contributed by atoms with Gasteiger partial charge in [-0.1, -0.05) is 31.4 Å². The lowest BCUT2D eigenvalue weighted by Gasteiger charge is -2.33. The number of piperidine rings is 1. The molecule has 4 rings (SSSR count). The highest BCUT2D eigenvalue weighted by atomic mass is 32.1. The minimum absolute atomic E-state index is 0.0675. The number of amides is 2. The van der Waals surface area contributed by atoms with Crippen molar-refractivity contribution in [3.63, 3.8) is 0 Å². The molecule has 0 radical (unpaired) electrons. The zero-order chi connectivity index (χ0) is 20.2. The van der Waals surface area contributed by atoms with E-state index in [4.69, 9.17) is 0 Å². The molecule has 2 amide bonds. The van der Waals surface area contributed by atoms with E-state index in [1.807, 2.05) is 4.90 Å². The third-order valence-corrected chi connectivity index (χ3v) is 6.94. The van der Waals surface area contributed by atoms with Crippen LogP contribution in [0.5, 0.6) is 0 Å². The van der Waals surface area contributed by atoms with Gasteiger partial charge in [-0.25, -0.2) is 9.37 Å². The van der Waals surface area contributed by atoms with Gasteiger partial charge >= 0.3 is 0 Å². The quantitative estimate of drug-likeness (QED) is 0.812. The monoisotopic (exact) mass is 415 g/mol. The minimum Gasteiger partial charge on any atom is -0.353 e. The Hall–Kier alpha value is -2.28. The number of thiazole rings is 1. The molecule has 1 aromatic heterocycles. The first-order valence-corrected chi connectivity index (χ1v) is 11.2. The molecule has 0 unspecified atom stereocenters. The van der Waals surface area contributed by atoms with Crippen LogP contribution in [0.15, 0.2) is 30.5 Å². The highest BCUT2D eigenvalue weighted by Gasteiger charge is 2.28. The van der Waals surface area contributed by atoms with Gasteiger partial charge in [0.15, 0.2) is 0 Å². The molecular weight excluding hydrogens is 389 g/mol. The number of carbonyl (C=O) groups is 2. The van der Waals surface area contributed by atoms with Gasteiger partial charge in [-0.15, -0.1) is 11.3 Å². The van der Waals surface area contributed by atoms with Gasteiger partial charge in [0.2, 0.25) is 5.91 Å². The van der Waals surface area contributed by atoms with Crippen LogP contribution in [-0.4, -0.2) is 40.8 Å². The van der Waals surface area contributed by atoms with E-state index in [1.54, 1.807) is 18.2 Å². The van der Waals surface area contributed by atoms with Crippen molar-refractivity contribution in [1.82, 2.24) is 15.2 Å². The normalized spacial score (nSPS) is 18.6. The Morgan fingerprint density at radius 3 is 2.52 bits per heavy atom. The van der Waals surface area contributed by atoms with E-state index in [9.17, 15) is 14.0 Å². The van der Waals surface area contributed by atoms with Crippen LogP contribution in [0.25, 0.3) is 10.6 Å². The van der Waals surface area contributed by atoms with Crippen LogP contribution in [0.4, 0.5) is 4.39 Å². The molecule has 1 aliphatic carbocycles. The van der Waals surface area contributed by atoms with Gasteiger partial charge in [0, 0.05) is 30.6 Å². The summed E-state index contributed by atoms with van der Waals surface area (Å²) in [4.78, 5) is 31.8. The zero-order valence-corrected chi connectivity index (χ0v) is 17.2. The number of nitrogens with zero attached hydrogens (tertiary/aromatic N) is 2. The first-order valence-electron chi connectivity index (χ1n) is 10.4. The van der Waals surface area contributed by atoms with Crippen molar-refractivity contribution in [3.8, 4) is 10.6 Å². The fourth-order valence-corrected chi connectivity index (χ4v) is 5.11. The van der Waals surface area contributed by atoms with Crippen molar-refractivity contribution in [2.75, 3.05) is 13.1 Å². The summed E-state index contributed by atoms with van der Waals surface area (Å²) in [7, 11) is 0. The van der Waals surface area contributed by atoms with Crippen LogP contribution in [0.1, 0.15) is 54.6 Å². The standard InChI is InChI=1S/C22H26FN3O2S/c23-18-9-5-4-8-17(18)21-24-14-19(29-21)22(28)26-12-10-16(11-13-26)25-20(27)15-6-2-1-3-7-15/h4-5,8-9,14-16H,1-3,6-7,10-13H2,(H,25,27). The lowest BCUT2D eigenvalue weighted by Crippen LogP contribution is -2.48. The maximum atomic E-state index is 14.0. The van der Waals surface area contributed by atoms with E-state index >= 15 is 0 Å². The average Bonchev–Trinajstić information content (AvgIpc) is 3.25. The molecule has 2 fully saturated rings. The van der Waals surface area contributed by atoms with Gasteiger partial charge in [-0.05, 0) is 37.8 Å². The summed E-state index contributed by atoms with van der Waals surface area (Å²) in [6, 6.07) is 6.60. The predicted molar refractivity (Wildman–Crippen MR) is 111 cm³/mol. The van der Waals surface area contributed by atoms with Crippen LogP contribution in [0.2, 0.25) is 0 Å². The number of benzene rings is 1. The topological polar surface area (TPSA) is 62.3 Å². The molecule has 1 saturated carbocycles. The Bertz CT molecular complexity index is 870. The number of nitrogens with one attached hydrogen (secondary N) is 1. The lowest BCUT2D eigenvalue weighted by atomic mass is 9.88. The summed E-state index contributed by atoms with van der Waals surface area (Å²) in [5.41, 5.74) is 0.417. The van der Waals surface area contributed by atoms with Crippen molar-refractivity contribution >= 4 is 23.2 Å². The van der Waals surface area contributed by atoms with Crippen molar-refractivity contribution < 1.29 is 14.0 Å². The van der Waals surface area contributed by atoms with Crippen molar-refractivity contribution in [3.05, 3.63) is 41.2 Å². The van der Waals surface area contributed by atoms with Crippen LogP contribution >= 0.6 is 11.3 Å². The van der Waals surface area contributed by atoms with Gasteiger partial charge in [-0.2, -0.15) is 0 Å². The van der Waals surface area contributed by atoms with Gasteiger partial charge in [0.25, 0.3) is 5.91 Å². The average molecular weight is 416 g/mol. The molecule has 7 heteroatoms. The van der Waals surface area contributed by atoms with E-state index in [1.165, 1.54) is 30.0 Å². The smallest absolute Gasteiger partial charge is 0.265 e. The van der Waals surface area contributed by atoms with E-state index in [-0.39, 0.29) is 29.6 Å². The van der Waals surface area contributed by atoms with E-state index in [0.29, 0.717) is 28.5 Å². The number of carbonyl (C=O) groups excluding carboxylic acids is 2. The minimum atomic E-state index is -0.338. The van der Waals surface area contributed by atoms with Gasteiger partial charge in [-0.3, -0.25) is 9.59 Å². The van der Waals surface area contributed by atoms with Crippen LogP contribution in [0, 0.1) is 11.7 Å². The molecule has 2 aromatic rings. The molecule has 2 heterocycles. The molecule has 0 spiro atoms. The molecule has 1 saturated heterocycles. The Balaban J connectivity index is 1.31. The second-order valence-corrected chi connectivity index (χ2v) is 8.95. The van der Waals surface area contributed by atoms with Crippen LogP contribution in [0.3, 0.4) is 0 Å². The van der Waals surface area contributed by atoms with Crippen molar-refractivity contribution in [2.45, 2.75) is 51.0 Å². The van der Waals surface area contributed by atoms with E-state index < -0.39 is 0 Å². The first kappa shape index (κ1) is 20.0. The second-order valence-electron chi connectivity index (χ2n) is 7.92. The zero-order valence-electron chi connectivity index (χ0n) is 16.4. The third kappa shape index (κ3) is 4.66. The van der Waals surface area contributed by atoms with Gasteiger partial charge in [0.05, 0.1) is 6.20 Å². The van der Waals surface area contributed by atoms with E-state index in [2.05, 4.69) is 10.3 Å². The number of likely N-dealkylation sites (tertiary alicyclic amines) is 1. The lowest BCUT2D eigenvalue weighted by molar-refractivity contribution is -0.126. The Kier molecular flexibility index (Phi) is 6.23. The molecule has 154 valence electrons. The molecule has 2 aliphatic rings. The Morgan fingerprint density at radius 2 is 1.79 bits per heavy atom. The SMILES string of the molecule is O=C(NC1CCN(C(=O)c2cnc(-c3ccccc3F)s2)CC1)C1CCCCC1. The summed E-state index contributed by atoms with van der Waals surface area (Å²) in [5.74, 6) is -0.0543. The van der Waals surface area contributed by atoms with Crippen molar-refractivity contribution in [2.24, 2.45) is 5.92 Å². The number of rotatable bonds is 4. The van der Waals surface area contributed by atoms with Crippen molar-refractivity contribution in [1.29, 1.82) is 0 Å². The maximum Gasteiger partial charge on any atom is 0.265 e. The molecule has 1 aliphatic heterocycles. The van der Waals surface area contributed by atoms with E-state index in [0.717, 1.165) is 38.5 Å². The number of halogens is 1. The fourth-order valence-electron chi connectivity index (χ4n) is 4.20. The highest BCUT2D eigenvalue weighted by Crippen LogP contribution is 2.29. The summed E-state index contributed by atoms with van der Waals surface area (Å²) >= 11 is 1.22. The summed E-state index contributed by atoms with van der Waals surface area (Å²) in [5, 5.41) is 3.71. The molecule has 0 bridgehead atoms. The summed E-state index contributed by atoms with van der Waals surface area (Å²) in [6.45, 7) is 1.22. The Labute approximate surface area is 174 Å². The van der Waals surface area contributed by atoms with Crippen LogP contribution in [-0.2, 0) is 4.79 Å². The third-order valence-electron chi connectivity index (χ3n) is 5.93. The molecule has 5 nitrogen and oxygen atoms in total. The van der Waals surface area contributed by atoms with Gasteiger partial charge in [0.1, 0.15) is 15.7 Å². The highest BCUT2D eigenvalue weighted by molar-refractivity contribution is 7.16. The number of aromatic nitrogens is 1. The molecular formula is C22H26FN3O2S. The molecule has 0 atom stereocenters. The predicted octanol–water partition coefficient (Wildman–Crippen LogP) is 4.25. The largest absolute Gasteiger partial charge is 0.353 e. The molecule has 1 aromatic carbocycles. The molecule has 29 heavy (non-hydrogen) atoms. The van der Waals surface area contributed by atoms with Crippen LogP contribution < -0.4 is 5.32 Å². The molecule has 1 N–H and O–H groups in total. The summed E-state index contributed by atoms with van der Waals surface area (Å²) in [6.07, 6.45) is 8.60. The summed E-state index contributed by atoms with van der Waals surface area (Å²) < 4.78 is 14.0. The Morgan fingerprint density at radius 1 is 1.07 bits per heavy atom.